The van der Waals surface area contributed by atoms with E-state index in [0.29, 0.717) is 15.7 Å². The van der Waals surface area contributed by atoms with Gasteiger partial charge in [-0.2, -0.15) is 8.78 Å². The highest BCUT2D eigenvalue weighted by molar-refractivity contribution is 9.10. The van der Waals surface area contributed by atoms with Gasteiger partial charge in [0.15, 0.2) is 18.1 Å². The quantitative estimate of drug-likeness (QED) is 0.453. The standard InChI is InChI=1S/C20H18BrF2NO5/c1-12-3-6-15(14(21)9-12)24-18(25)11-28-19(26)8-5-13-4-7-16(29-20(22)23)17(10-13)27-2/h3-10,20H,11H2,1-2H3,(H,24,25)/b8-5+. The van der Waals surface area contributed by atoms with E-state index in [0.717, 1.165) is 11.6 Å². The second-order valence-electron chi connectivity index (χ2n) is 5.76. The van der Waals surface area contributed by atoms with Crippen LogP contribution < -0.4 is 14.8 Å². The van der Waals surface area contributed by atoms with Gasteiger partial charge in [-0.1, -0.05) is 12.1 Å². The first-order valence-corrected chi connectivity index (χ1v) is 9.11. The number of aryl methyl sites for hydroxylation is 1. The molecule has 0 bridgehead atoms. The van der Waals surface area contributed by atoms with Crippen molar-refractivity contribution in [2.45, 2.75) is 13.5 Å². The molecule has 154 valence electrons. The van der Waals surface area contributed by atoms with Gasteiger partial charge in [0.1, 0.15) is 0 Å². The number of rotatable bonds is 8. The number of methoxy groups -OCH3 is 1. The van der Waals surface area contributed by atoms with Gasteiger partial charge in [-0.15, -0.1) is 0 Å². The molecule has 0 aliphatic heterocycles. The monoisotopic (exact) mass is 469 g/mol. The molecule has 0 aliphatic carbocycles. The van der Waals surface area contributed by atoms with E-state index in [2.05, 4.69) is 26.0 Å². The van der Waals surface area contributed by atoms with E-state index in [1.165, 1.54) is 31.4 Å². The fourth-order valence-electron chi connectivity index (χ4n) is 2.24. The number of halogens is 3. The Morgan fingerprint density at radius 2 is 1.93 bits per heavy atom. The van der Waals surface area contributed by atoms with Crippen LogP contribution in [0.4, 0.5) is 14.5 Å². The lowest BCUT2D eigenvalue weighted by Crippen LogP contribution is -2.20. The molecule has 0 saturated heterocycles. The van der Waals surface area contributed by atoms with Crippen LogP contribution in [0.2, 0.25) is 0 Å². The highest BCUT2D eigenvalue weighted by Gasteiger charge is 2.11. The second kappa shape index (κ2) is 10.6. The van der Waals surface area contributed by atoms with E-state index in [9.17, 15) is 18.4 Å². The van der Waals surface area contributed by atoms with Crippen molar-refractivity contribution in [3.05, 3.63) is 58.1 Å². The summed E-state index contributed by atoms with van der Waals surface area (Å²) < 4.78 is 39.6. The summed E-state index contributed by atoms with van der Waals surface area (Å²) in [6.07, 6.45) is 2.50. The number of anilines is 1. The average molecular weight is 470 g/mol. The zero-order chi connectivity index (χ0) is 21.4. The molecule has 1 N–H and O–H groups in total. The van der Waals surface area contributed by atoms with Gasteiger partial charge in [-0.05, 0) is 64.3 Å². The number of nitrogens with one attached hydrogen (secondary N) is 1. The number of amides is 1. The largest absolute Gasteiger partial charge is 0.493 e. The summed E-state index contributed by atoms with van der Waals surface area (Å²) in [5.41, 5.74) is 2.08. The van der Waals surface area contributed by atoms with Gasteiger partial charge < -0.3 is 19.5 Å². The summed E-state index contributed by atoms with van der Waals surface area (Å²) in [6.45, 7) is -1.53. The third-order valence-electron chi connectivity index (χ3n) is 3.56. The molecule has 0 saturated carbocycles. The maximum Gasteiger partial charge on any atom is 0.387 e. The number of alkyl halides is 2. The molecular weight excluding hydrogens is 452 g/mol. The van der Waals surface area contributed by atoms with Gasteiger partial charge in [0.2, 0.25) is 0 Å². The predicted octanol–water partition coefficient (Wildman–Crippen LogP) is 4.56. The van der Waals surface area contributed by atoms with Crippen LogP contribution in [0.15, 0.2) is 46.9 Å². The molecular formula is C20H18BrF2NO5. The van der Waals surface area contributed by atoms with Crippen LogP contribution in [0.1, 0.15) is 11.1 Å². The molecule has 0 radical (unpaired) electrons. The third-order valence-corrected chi connectivity index (χ3v) is 4.22. The number of benzene rings is 2. The lowest BCUT2D eigenvalue weighted by molar-refractivity contribution is -0.142. The van der Waals surface area contributed by atoms with Gasteiger partial charge in [-0.25, -0.2) is 4.79 Å². The van der Waals surface area contributed by atoms with E-state index in [4.69, 9.17) is 9.47 Å². The highest BCUT2D eigenvalue weighted by Crippen LogP contribution is 2.29. The van der Waals surface area contributed by atoms with E-state index < -0.39 is 25.1 Å². The van der Waals surface area contributed by atoms with Crippen LogP contribution in [0.3, 0.4) is 0 Å². The van der Waals surface area contributed by atoms with Gasteiger partial charge >= 0.3 is 12.6 Å². The lowest BCUT2D eigenvalue weighted by atomic mass is 10.2. The molecule has 2 rings (SSSR count). The highest BCUT2D eigenvalue weighted by atomic mass is 79.9. The molecule has 0 spiro atoms. The Hall–Kier alpha value is -2.94. The normalized spacial score (nSPS) is 10.8. The molecule has 0 fully saturated rings. The molecule has 0 heterocycles. The summed E-state index contributed by atoms with van der Waals surface area (Å²) >= 11 is 3.34. The van der Waals surface area contributed by atoms with Crippen LogP contribution in [0.25, 0.3) is 6.08 Å². The first-order chi connectivity index (χ1) is 13.8. The van der Waals surface area contributed by atoms with E-state index >= 15 is 0 Å². The molecule has 0 aliphatic rings. The van der Waals surface area contributed by atoms with Gasteiger partial charge in [0.05, 0.1) is 12.8 Å². The van der Waals surface area contributed by atoms with Crippen LogP contribution in [-0.2, 0) is 14.3 Å². The van der Waals surface area contributed by atoms with Crippen LogP contribution >= 0.6 is 15.9 Å². The van der Waals surface area contributed by atoms with Crippen molar-refractivity contribution in [1.29, 1.82) is 0 Å². The molecule has 29 heavy (non-hydrogen) atoms. The molecule has 0 unspecified atom stereocenters. The number of ether oxygens (including phenoxy) is 3. The number of carbonyl (C=O) groups excluding carboxylic acids is 2. The average Bonchev–Trinajstić information content (AvgIpc) is 2.67. The molecule has 2 aromatic rings. The Balaban J connectivity index is 1.89. The smallest absolute Gasteiger partial charge is 0.387 e. The SMILES string of the molecule is COc1cc(/C=C/C(=O)OCC(=O)Nc2ccc(C)cc2Br)ccc1OC(F)F. The summed E-state index contributed by atoms with van der Waals surface area (Å²) in [4.78, 5) is 23.7. The number of esters is 1. The van der Waals surface area contributed by atoms with Crippen molar-refractivity contribution in [3.63, 3.8) is 0 Å². The fraction of sp³-hybridized carbons (Fsp3) is 0.200. The minimum absolute atomic E-state index is 0.0869. The Bertz CT molecular complexity index is 918. The summed E-state index contributed by atoms with van der Waals surface area (Å²) in [5.74, 6) is -1.27. The molecule has 1 amide bonds. The molecule has 0 aromatic heterocycles. The molecule has 9 heteroatoms. The fourth-order valence-corrected chi connectivity index (χ4v) is 2.83. The van der Waals surface area contributed by atoms with E-state index in [-0.39, 0.29) is 11.5 Å². The second-order valence-corrected chi connectivity index (χ2v) is 6.62. The van der Waals surface area contributed by atoms with Crippen molar-refractivity contribution in [1.82, 2.24) is 0 Å². The van der Waals surface area contributed by atoms with Crippen LogP contribution in [-0.4, -0.2) is 32.2 Å². The van der Waals surface area contributed by atoms with Gasteiger partial charge in [0.25, 0.3) is 5.91 Å². The predicted molar refractivity (Wildman–Crippen MR) is 107 cm³/mol. The van der Waals surface area contributed by atoms with E-state index in [1.54, 1.807) is 6.07 Å². The summed E-state index contributed by atoms with van der Waals surface area (Å²) in [7, 11) is 1.31. The Labute approximate surface area is 174 Å². The Kier molecular flexibility index (Phi) is 8.14. The third kappa shape index (κ3) is 7.19. The van der Waals surface area contributed by atoms with Gasteiger partial charge in [0, 0.05) is 10.5 Å². The number of carbonyl (C=O) groups is 2. The van der Waals surface area contributed by atoms with Crippen molar-refractivity contribution < 1.29 is 32.6 Å². The van der Waals surface area contributed by atoms with Crippen molar-refractivity contribution in [2.75, 3.05) is 19.0 Å². The minimum atomic E-state index is -2.98. The summed E-state index contributed by atoms with van der Waals surface area (Å²) in [5, 5.41) is 2.62. The first-order valence-electron chi connectivity index (χ1n) is 8.32. The Morgan fingerprint density at radius 3 is 2.59 bits per heavy atom. The van der Waals surface area contributed by atoms with Crippen molar-refractivity contribution >= 4 is 39.6 Å². The van der Waals surface area contributed by atoms with Crippen molar-refractivity contribution in [2.24, 2.45) is 0 Å². The number of hydrogen-bond acceptors (Lipinski definition) is 5. The Morgan fingerprint density at radius 1 is 1.17 bits per heavy atom. The molecule has 6 nitrogen and oxygen atoms in total. The zero-order valence-corrected chi connectivity index (χ0v) is 17.2. The van der Waals surface area contributed by atoms with Gasteiger partial charge in [-0.3, -0.25) is 4.79 Å². The maximum atomic E-state index is 12.3. The zero-order valence-electron chi connectivity index (χ0n) is 15.6. The van der Waals surface area contributed by atoms with Crippen molar-refractivity contribution in [3.8, 4) is 11.5 Å². The first kappa shape index (κ1) is 22.4. The molecule has 2 aromatic carbocycles. The van der Waals surface area contributed by atoms with Crippen LogP contribution in [0.5, 0.6) is 11.5 Å². The topological polar surface area (TPSA) is 73.9 Å². The minimum Gasteiger partial charge on any atom is -0.493 e. The van der Waals surface area contributed by atoms with E-state index in [1.807, 2.05) is 19.1 Å². The van der Waals surface area contributed by atoms with Crippen LogP contribution in [0, 0.1) is 6.92 Å². The summed E-state index contributed by atoms with van der Waals surface area (Å²) in [6, 6.07) is 9.59. The molecule has 0 atom stereocenters. The maximum absolute atomic E-state index is 12.3. The lowest BCUT2D eigenvalue weighted by Gasteiger charge is -2.10. The number of hydrogen-bond donors (Lipinski definition) is 1.